The van der Waals surface area contributed by atoms with Crippen LogP contribution in [0.2, 0.25) is 0 Å². The van der Waals surface area contributed by atoms with Crippen LogP contribution in [0.4, 0.5) is 11.4 Å². The third-order valence-corrected chi connectivity index (χ3v) is 4.96. The Morgan fingerprint density at radius 2 is 1.80 bits per heavy atom. The zero-order valence-electron chi connectivity index (χ0n) is 17.2. The smallest absolute Gasteiger partial charge is 0.338 e. The maximum Gasteiger partial charge on any atom is 0.338 e. The number of carbonyl (C=O) groups excluding carboxylic acids is 1. The van der Waals surface area contributed by atoms with Crippen LogP contribution < -0.4 is 14.4 Å². The molecular formula is C21H24N2O7. The van der Waals surface area contributed by atoms with Crippen molar-refractivity contribution in [3.05, 3.63) is 57.1 Å². The summed E-state index contributed by atoms with van der Waals surface area (Å²) in [6.45, 7) is 4.00. The van der Waals surface area contributed by atoms with E-state index in [9.17, 15) is 14.9 Å². The number of hydrogen-bond acceptors (Lipinski definition) is 8. The van der Waals surface area contributed by atoms with Gasteiger partial charge in [-0.2, -0.15) is 0 Å². The first-order chi connectivity index (χ1) is 14.4. The molecule has 0 radical (unpaired) electrons. The largest absolute Gasteiger partial charge is 0.493 e. The molecule has 0 spiro atoms. The van der Waals surface area contributed by atoms with Crippen molar-refractivity contribution in [1.82, 2.24) is 0 Å². The fraction of sp³-hybridized carbons (Fsp3) is 0.381. The first-order valence-corrected chi connectivity index (χ1v) is 9.44. The van der Waals surface area contributed by atoms with Crippen LogP contribution >= 0.6 is 0 Å². The molecule has 2 aromatic rings. The van der Waals surface area contributed by atoms with Crippen molar-refractivity contribution in [3.8, 4) is 11.5 Å². The Balaban J connectivity index is 1.77. The lowest BCUT2D eigenvalue weighted by atomic mass is 10.1. The van der Waals surface area contributed by atoms with E-state index in [0.717, 1.165) is 11.1 Å². The number of anilines is 1. The number of benzene rings is 2. The normalized spacial score (nSPS) is 13.6. The summed E-state index contributed by atoms with van der Waals surface area (Å²) in [5, 5.41) is 11.6. The predicted molar refractivity (Wildman–Crippen MR) is 110 cm³/mol. The second kappa shape index (κ2) is 9.45. The number of nitro groups is 1. The van der Waals surface area contributed by atoms with Crippen LogP contribution in [0.3, 0.4) is 0 Å². The van der Waals surface area contributed by atoms with Gasteiger partial charge in [-0.1, -0.05) is 0 Å². The zero-order chi connectivity index (χ0) is 21.7. The number of morpholine rings is 1. The monoisotopic (exact) mass is 416 g/mol. The number of hydrogen-bond donors (Lipinski definition) is 0. The molecule has 0 aromatic heterocycles. The summed E-state index contributed by atoms with van der Waals surface area (Å²) < 4.78 is 21.2. The van der Waals surface area contributed by atoms with Crippen LogP contribution in [-0.2, 0) is 16.1 Å². The highest BCUT2D eigenvalue weighted by molar-refractivity contribution is 5.91. The second-order valence-electron chi connectivity index (χ2n) is 6.77. The fourth-order valence-electron chi connectivity index (χ4n) is 3.27. The van der Waals surface area contributed by atoms with Gasteiger partial charge in [-0.15, -0.1) is 0 Å². The first kappa shape index (κ1) is 21.4. The van der Waals surface area contributed by atoms with E-state index in [1.165, 1.54) is 13.2 Å². The van der Waals surface area contributed by atoms with Crippen molar-refractivity contribution in [1.29, 1.82) is 0 Å². The van der Waals surface area contributed by atoms with E-state index in [-0.39, 0.29) is 17.9 Å². The quantitative estimate of drug-likeness (QED) is 0.386. The number of carbonyl (C=O) groups is 1. The van der Waals surface area contributed by atoms with Gasteiger partial charge in [0.05, 0.1) is 37.9 Å². The number of esters is 1. The van der Waals surface area contributed by atoms with Gasteiger partial charge < -0.3 is 23.8 Å². The highest BCUT2D eigenvalue weighted by Gasteiger charge is 2.24. The minimum atomic E-state index is -0.638. The Morgan fingerprint density at radius 1 is 1.13 bits per heavy atom. The summed E-state index contributed by atoms with van der Waals surface area (Å²) in [7, 11) is 3.07. The van der Waals surface area contributed by atoms with Gasteiger partial charge in [0.2, 0.25) is 0 Å². The standard InChI is InChI=1S/C21H24N2O7/c1-14-10-19(27-2)20(28-3)12-16(14)13-30-21(24)15-4-5-17(18(11-15)23(25)26)22-6-8-29-9-7-22/h4-5,10-12H,6-9,13H2,1-3H3. The van der Waals surface area contributed by atoms with E-state index in [1.807, 2.05) is 11.8 Å². The van der Waals surface area contributed by atoms with Gasteiger partial charge in [-0.3, -0.25) is 10.1 Å². The van der Waals surface area contributed by atoms with Gasteiger partial charge in [-0.05, 0) is 42.3 Å². The topological polar surface area (TPSA) is 100 Å². The van der Waals surface area contributed by atoms with Crippen LogP contribution in [0.5, 0.6) is 11.5 Å². The first-order valence-electron chi connectivity index (χ1n) is 9.44. The Morgan fingerprint density at radius 3 is 2.43 bits per heavy atom. The predicted octanol–water partition coefficient (Wildman–Crippen LogP) is 3.11. The molecule has 1 aliphatic heterocycles. The number of nitro benzene ring substituents is 1. The molecule has 1 fully saturated rings. The van der Waals surface area contributed by atoms with Crippen LogP contribution in [-0.4, -0.2) is 51.4 Å². The molecule has 30 heavy (non-hydrogen) atoms. The highest BCUT2D eigenvalue weighted by Crippen LogP contribution is 2.32. The highest BCUT2D eigenvalue weighted by atomic mass is 16.6. The molecule has 9 nitrogen and oxygen atoms in total. The fourth-order valence-corrected chi connectivity index (χ4v) is 3.27. The lowest BCUT2D eigenvalue weighted by molar-refractivity contribution is -0.384. The molecule has 0 bridgehead atoms. The van der Waals surface area contributed by atoms with Gasteiger partial charge in [-0.25, -0.2) is 4.79 Å². The van der Waals surface area contributed by atoms with Crippen LogP contribution in [0.25, 0.3) is 0 Å². The van der Waals surface area contributed by atoms with Gasteiger partial charge in [0.25, 0.3) is 5.69 Å². The minimum absolute atomic E-state index is 0.00400. The molecule has 1 heterocycles. The molecule has 160 valence electrons. The van der Waals surface area contributed by atoms with E-state index < -0.39 is 10.9 Å². The summed E-state index contributed by atoms with van der Waals surface area (Å²) in [5.41, 5.74) is 2.08. The van der Waals surface area contributed by atoms with Gasteiger partial charge in [0.15, 0.2) is 11.5 Å². The van der Waals surface area contributed by atoms with E-state index in [4.69, 9.17) is 18.9 Å². The molecule has 0 amide bonds. The lowest BCUT2D eigenvalue weighted by Crippen LogP contribution is -2.36. The van der Waals surface area contributed by atoms with Crippen molar-refractivity contribution in [2.24, 2.45) is 0 Å². The number of rotatable bonds is 7. The molecule has 1 saturated heterocycles. The average molecular weight is 416 g/mol. The summed E-state index contributed by atoms with van der Waals surface area (Å²) in [4.78, 5) is 25.5. The van der Waals surface area contributed by atoms with Crippen LogP contribution in [0, 0.1) is 17.0 Å². The minimum Gasteiger partial charge on any atom is -0.493 e. The number of ether oxygens (including phenoxy) is 4. The molecule has 0 unspecified atom stereocenters. The van der Waals surface area contributed by atoms with E-state index >= 15 is 0 Å². The maximum absolute atomic E-state index is 12.5. The SMILES string of the molecule is COc1cc(C)c(COC(=O)c2ccc(N3CCOCC3)c([N+](=O)[O-])c2)cc1OC. The summed E-state index contributed by atoms with van der Waals surface area (Å²) >= 11 is 0. The number of aryl methyl sites for hydroxylation is 1. The molecule has 0 atom stereocenters. The summed E-state index contributed by atoms with van der Waals surface area (Å²) in [5.74, 6) is 0.472. The Kier molecular flexibility index (Phi) is 6.73. The van der Waals surface area contributed by atoms with Crippen LogP contribution in [0.15, 0.2) is 30.3 Å². The third kappa shape index (κ3) is 4.62. The Labute approximate surface area is 174 Å². The Hall–Kier alpha value is -3.33. The van der Waals surface area contributed by atoms with Crippen molar-refractivity contribution in [2.75, 3.05) is 45.4 Å². The van der Waals surface area contributed by atoms with Crippen molar-refractivity contribution < 1.29 is 28.7 Å². The van der Waals surface area contributed by atoms with Gasteiger partial charge in [0, 0.05) is 19.2 Å². The molecule has 0 aliphatic carbocycles. The van der Waals surface area contributed by atoms with E-state index in [0.29, 0.717) is 43.5 Å². The van der Waals surface area contributed by atoms with Gasteiger partial charge in [0.1, 0.15) is 12.3 Å². The third-order valence-electron chi connectivity index (χ3n) is 4.96. The Bertz CT molecular complexity index is 939. The van der Waals surface area contributed by atoms with Crippen molar-refractivity contribution in [3.63, 3.8) is 0 Å². The summed E-state index contributed by atoms with van der Waals surface area (Å²) in [6, 6.07) is 7.92. The van der Waals surface area contributed by atoms with Gasteiger partial charge >= 0.3 is 5.97 Å². The molecule has 2 aromatic carbocycles. The molecular weight excluding hydrogens is 392 g/mol. The molecule has 3 rings (SSSR count). The second-order valence-corrected chi connectivity index (χ2v) is 6.77. The summed E-state index contributed by atoms with van der Waals surface area (Å²) in [6.07, 6.45) is 0. The average Bonchev–Trinajstić information content (AvgIpc) is 2.77. The van der Waals surface area contributed by atoms with Crippen molar-refractivity contribution in [2.45, 2.75) is 13.5 Å². The number of nitrogens with zero attached hydrogens (tertiary/aromatic N) is 2. The lowest BCUT2D eigenvalue weighted by Gasteiger charge is -2.28. The molecule has 1 aliphatic rings. The van der Waals surface area contributed by atoms with Crippen molar-refractivity contribution >= 4 is 17.3 Å². The van der Waals surface area contributed by atoms with E-state index in [2.05, 4.69) is 0 Å². The van der Waals surface area contributed by atoms with Crippen LogP contribution in [0.1, 0.15) is 21.5 Å². The van der Waals surface area contributed by atoms with E-state index in [1.54, 1.807) is 31.4 Å². The molecule has 0 N–H and O–H groups in total. The maximum atomic E-state index is 12.5. The molecule has 9 heteroatoms. The molecule has 0 saturated carbocycles. The zero-order valence-corrected chi connectivity index (χ0v) is 17.2. The number of methoxy groups -OCH3 is 2.